The van der Waals surface area contributed by atoms with Crippen LogP contribution in [0.25, 0.3) is 0 Å². The van der Waals surface area contributed by atoms with E-state index in [0.717, 1.165) is 19.7 Å². The number of carbonyl (C=O) groups excluding carboxylic acids is 2. The third kappa shape index (κ3) is 9.19. The smallest absolute Gasteiger partial charge is 0.304 e. The Kier molecular flexibility index (Phi) is 11.3. The molecule has 3 rings (SSSR count). The molecule has 8 nitrogen and oxygen atoms in total. The van der Waals surface area contributed by atoms with E-state index in [2.05, 4.69) is 5.32 Å². The highest BCUT2D eigenvalue weighted by molar-refractivity contribution is 7.90. The fourth-order valence-corrected chi connectivity index (χ4v) is 5.97. The van der Waals surface area contributed by atoms with Crippen molar-refractivity contribution >= 4 is 50.9 Å². The largest absolute Gasteiger partial charge is 0.350 e. The van der Waals surface area contributed by atoms with Gasteiger partial charge in [0.05, 0.1) is 15.7 Å². The van der Waals surface area contributed by atoms with Gasteiger partial charge in [-0.2, -0.15) is 12.7 Å². The molecule has 3 aromatic carbocycles. The Morgan fingerprint density at radius 1 is 0.884 bits per heavy atom. The number of rotatable bonds is 11. The first kappa shape index (κ1) is 34.4. The predicted molar refractivity (Wildman–Crippen MR) is 175 cm³/mol. The molecule has 0 saturated heterocycles. The number of aryl methyl sites for hydroxylation is 2. The minimum absolute atomic E-state index is 0.00651. The van der Waals surface area contributed by atoms with Crippen molar-refractivity contribution in [1.29, 1.82) is 0 Å². The molecule has 0 aromatic heterocycles. The summed E-state index contributed by atoms with van der Waals surface area (Å²) >= 11 is 12.5. The molecule has 0 aliphatic heterocycles. The number of carbonyl (C=O) groups is 2. The van der Waals surface area contributed by atoms with Crippen molar-refractivity contribution in [1.82, 2.24) is 14.5 Å². The fraction of sp³-hybridized carbons (Fsp3) is 0.375. The van der Waals surface area contributed by atoms with E-state index in [1.807, 2.05) is 70.2 Å². The molecule has 0 unspecified atom stereocenters. The van der Waals surface area contributed by atoms with Crippen LogP contribution >= 0.6 is 23.2 Å². The summed E-state index contributed by atoms with van der Waals surface area (Å²) < 4.78 is 29.5. The summed E-state index contributed by atoms with van der Waals surface area (Å²) in [5.74, 6) is -0.916. The van der Waals surface area contributed by atoms with Gasteiger partial charge in [-0.05, 0) is 75.1 Å². The SMILES string of the molecule is Cc1ccc(C)c(N(CC(=O)N(Cc2ccc(Cl)c(Cl)c2)[C@@H](Cc2ccccc2)C(=O)NC(C)(C)C)S(=O)(=O)N(C)C)c1. The Hall–Kier alpha value is -3.11. The zero-order valence-corrected chi connectivity index (χ0v) is 28.0. The number of hydrogen-bond acceptors (Lipinski definition) is 4. The summed E-state index contributed by atoms with van der Waals surface area (Å²) in [4.78, 5) is 29.7. The maximum Gasteiger partial charge on any atom is 0.304 e. The number of halogens is 2. The van der Waals surface area contributed by atoms with E-state index in [0.29, 0.717) is 26.9 Å². The summed E-state index contributed by atoms with van der Waals surface area (Å²) in [6.45, 7) is 8.70. The molecule has 0 fully saturated rings. The molecule has 0 bridgehead atoms. The van der Waals surface area contributed by atoms with Crippen LogP contribution in [-0.4, -0.2) is 61.7 Å². The van der Waals surface area contributed by atoms with Crippen molar-refractivity contribution in [2.24, 2.45) is 0 Å². The minimum atomic E-state index is -4.10. The van der Waals surface area contributed by atoms with Gasteiger partial charge in [0.15, 0.2) is 0 Å². The average Bonchev–Trinajstić information content (AvgIpc) is 2.92. The van der Waals surface area contributed by atoms with Gasteiger partial charge in [-0.1, -0.05) is 71.7 Å². The zero-order valence-electron chi connectivity index (χ0n) is 25.7. The van der Waals surface area contributed by atoms with Crippen LogP contribution in [0.2, 0.25) is 10.0 Å². The summed E-state index contributed by atoms with van der Waals surface area (Å²) in [7, 11) is -1.26. The van der Waals surface area contributed by atoms with E-state index < -0.39 is 34.2 Å². The molecule has 1 N–H and O–H groups in total. The van der Waals surface area contributed by atoms with Crippen molar-refractivity contribution in [2.75, 3.05) is 24.9 Å². The monoisotopic (exact) mass is 646 g/mol. The number of anilines is 1. The number of amides is 2. The van der Waals surface area contributed by atoms with Gasteiger partial charge >= 0.3 is 10.2 Å². The first-order valence-corrected chi connectivity index (χ1v) is 16.0. The molecular formula is C32H40Cl2N4O4S. The molecule has 0 aliphatic carbocycles. The summed E-state index contributed by atoms with van der Waals surface area (Å²) in [6, 6.07) is 18.8. The van der Waals surface area contributed by atoms with Crippen LogP contribution in [0.4, 0.5) is 5.69 Å². The zero-order chi connectivity index (χ0) is 32.1. The van der Waals surface area contributed by atoms with Crippen LogP contribution in [0, 0.1) is 13.8 Å². The molecule has 0 aliphatic rings. The quantitative estimate of drug-likeness (QED) is 0.286. The van der Waals surface area contributed by atoms with E-state index in [-0.39, 0.29) is 18.9 Å². The fourth-order valence-electron chi connectivity index (χ4n) is 4.53. The van der Waals surface area contributed by atoms with E-state index in [1.54, 1.807) is 31.2 Å². The van der Waals surface area contributed by atoms with Gasteiger partial charge in [0.1, 0.15) is 12.6 Å². The third-order valence-electron chi connectivity index (χ3n) is 6.76. The van der Waals surface area contributed by atoms with E-state index in [4.69, 9.17) is 23.2 Å². The molecule has 1 atom stereocenters. The molecule has 0 saturated carbocycles. The van der Waals surface area contributed by atoms with Gasteiger partial charge in [-0.15, -0.1) is 0 Å². The van der Waals surface area contributed by atoms with E-state index in [9.17, 15) is 18.0 Å². The number of benzene rings is 3. The Bertz CT molecular complexity index is 1560. The molecule has 11 heteroatoms. The van der Waals surface area contributed by atoms with Gasteiger partial charge in [0.2, 0.25) is 11.8 Å². The molecule has 232 valence electrons. The number of nitrogens with one attached hydrogen (secondary N) is 1. The Morgan fingerprint density at radius 3 is 2.12 bits per heavy atom. The minimum Gasteiger partial charge on any atom is -0.350 e. The van der Waals surface area contributed by atoms with Gasteiger partial charge in [0.25, 0.3) is 0 Å². The second-order valence-electron chi connectivity index (χ2n) is 11.8. The van der Waals surface area contributed by atoms with Gasteiger partial charge in [-0.25, -0.2) is 4.31 Å². The third-order valence-corrected chi connectivity index (χ3v) is 9.30. The molecule has 43 heavy (non-hydrogen) atoms. The maximum absolute atomic E-state index is 14.4. The molecule has 2 amide bonds. The highest BCUT2D eigenvalue weighted by Crippen LogP contribution is 2.28. The highest BCUT2D eigenvalue weighted by Gasteiger charge is 2.36. The van der Waals surface area contributed by atoms with Crippen molar-refractivity contribution in [3.63, 3.8) is 0 Å². The maximum atomic E-state index is 14.4. The topological polar surface area (TPSA) is 90.0 Å². The number of nitrogens with zero attached hydrogens (tertiary/aromatic N) is 3. The molecular weight excluding hydrogens is 607 g/mol. The van der Waals surface area contributed by atoms with E-state index in [1.165, 1.54) is 19.0 Å². The predicted octanol–water partition coefficient (Wildman–Crippen LogP) is 5.78. The van der Waals surface area contributed by atoms with Crippen LogP contribution in [0.5, 0.6) is 0 Å². The molecule has 0 heterocycles. The molecule has 0 radical (unpaired) electrons. The summed E-state index contributed by atoms with van der Waals surface area (Å²) in [6.07, 6.45) is 0.208. The van der Waals surface area contributed by atoms with Crippen molar-refractivity contribution in [3.8, 4) is 0 Å². The van der Waals surface area contributed by atoms with Crippen LogP contribution in [0.3, 0.4) is 0 Å². The van der Waals surface area contributed by atoms with Crippen LogP contribution < -0.4 is 9.62 Å². The lowest BCUT2D eigenvalue weighted by molar-refractivity contribution is -0.140. The lowest BCUT2D eigenvalue weighted by Gasteiger charge is -2.36. The van der Waals surface area contributed by atoms with Gasteiger partial charge < -0.3 is 10.2 Å². The normalized spacial score (nSPS) is 12.6. The highest BCUT2D eigenvalue weighted by atomic mass is 35.5. The van der Waals surface area contributed by atoms with Gasteiger partial charge in [0, 0.05) is 32.6 Å². The van der Waals surface area contributed by atoms with E-state index >= 15 is 0 Å². The number of hydrogen-bond donors (Lipinski definition) is 1. The molecule has 3 aromatic rings. The standard InChI is InChI=1S/C32H40Cl2N4O4S/c1-22-13-14-23(2)28(17-22)38(43(41,42)36(6)7)21-30(39)37(20-25-15-16-26(33)27(34)18-25)29(31(40)35-32(3,4)5)19-24-11-9-8-10-12-24/h8-18,29H,19-21H2,1-7H3,(H,35,40)/t29-/m0/s1. The first-order valence-electron chi connectivity index (χ1n) is 13.9. The van der Waals surface area contributed by atoms with Crippen molar-refractivity contribution in [3.05, 3.63) is 99.0 Å². The summed E-state index contributed by atoms with van der Waals surface area (Å²) in [5.41, 5.74) is 2.81. The van der Waals surface area contributed by atoms with Crippen molar-refractivity contribution < 1.29 is 18.0 Å². The molecule has 0 spiro atoms. The average molecular weight is 648 g/mol. The lowest BCUT2D eigenvalue weighted by Crippen LogP contribution is -2.56. The first-order chi connectivity index (χ1) is 20.0. The van der Waals surface area contributed by atoms with Crippen LogP contribution in [0.15, 0.2) is 66.7 Å². The Balaban J connectivity index is 2.17. The van der Waals surface area contributed by atoms with Crippen molar-refractivity contribution in [2.45, 2.75) is 59.2 Å². The second kappa shape index (κ2) is 14.1. The lowest BCUT2D eigenvalue weighted by atomic mass is 10.0. The second-order valence-corrected chi connectivity index (χ2v) is 14.7. The van der Waals surface area contributed by atoms with Crippen LogP contribution in [-0.2, 0) is 32.8 Å². The summed E-state index contributed by atoms with van der Waals surface area (Å²) in [5, 5.41) is 3.67. The Morgan fingerprint density at radius 2 is 1.53 bits per heavy atom. The Labute approximate surface area is 265 Å². The van der Waals surface area contributed by atoms with Gasteiger partial charge in [-0.3, -0.25) is 9.59 Å². The van der Waals surface area contributed by atoms with Crippen LogP contribution in [0.1, 0.15) is 43.0 Å².